The van der Waals surface area contributed by atoms with Gasteiger partial charge < -0.3 is 14.4 Å². The van der Waals surface area contributed by atoms with Crippen LogP contribution in [0.3, 0.4) is 0 Å². The predicted molar refractivity (Wildman–Crippen MR) is 81.2 cm³/mol. The smallest absolute Gasteiger partial charge is 0.410 e. The van der Waals surface area contributed by atoms with Crippen molar-refractivity contribution in [3.05, 3.63) is 35.9 Å². The molecule has 1 amide bonds. The molecule has 0 heterocycles. The van der Waals surface area contributed by atoms with Crippen molar-refractivity contribution in [3.8, 4) is 0 Å². The van der Waals surface area contributed by atoms with E-state index in [0.717, 1.165) is 5.56 Å². The van der Waals surface area contributed by atoms with Crippen molar-refractivity contribution in [1.82, 2.24) is 4.90 Å². The number of carbonyl (C=O) groups is 2. The summed E-state index contributed by atoms with van der Waals surface area (Å²) in [5, 5.41) is 0. The molecule has 4 nitrogen and oxygen atoms in total. The van der Waals surface area contributed by atoms with E-state index in [1.807, 2.05) is 30.3 Å². The topological polar surface area (TPSA) is 46.6 Å². The summed E-state index contributed by atoms with van der Waals surface area (Å²) in [6.45, 7) is 0.320. The quantitative estimate of drug-likeness (QED) is 0.750. The number of rotatable bonds is 6. The molecular formula is C17H21F2NO3. The van der Waals surface area contributed by atoms with Crippen LogP contribution in [0.15, 0.2) is 30.3 Å². The average Bonchev–Trinajstić information content (AvgIpc) is 2.55. The normalized spacial score (nSPS) is 17.5. The van der Waals surface area contributed by atoms with Gasteiger partial charge in [-0.15, -0.1) is 0 Å². The maximum atomic E-state index is 13.2. The van der Waals surface area contributed by atoms with Crippen LogP contribution in [-0.2, 0) is 16.1 Å². The standard InChI is InChI=1S/C17H21F2NO3/c18-17(19)8-6-14(7-9-17)12-20(10-11-21)16(22)23-13-15-4-2-1-3-5-15/h1-5,11,14H,6-10,12-13H2. The minimum Gasteiger partial charge on any atom is -0.445 e. The fourth-order valence-corrected chi connectivity index (χ4v) is 2.72. The molecule has 1 saturated carbocycles. The van der Waals surface area contributed by atoms with Crippen LogP contribution in [0.5, 0.6) is 0 Å². The van der Waals surface area contributed by atoms with Gasteiger partial charge in [-0.25, -0.2) is 13.6 Å². The molecule has 23 heavy (non-hydrogen) atoms. The molecule has 0 N–H and O–H groups in total. The monoisotopic (exact) mass is 325 g/mol. The molecule has 0 atom stereocenters. The van der Waals surface area contributed by atoms with Crippen LogP contribution < -0.4 is 0 Å². The van der Waals surface area contributed by atoms with Gasteiger partial charge in [0, 0.05) is 19.4 Å². The minimum atomic E-state index is -2.60. The molecule has 0 unspecified atom stereocenters. The van der Waals surface area contributed by atoms with Gasteiger partial charge in [-0.3, -0.25) is 0 Å². The highest BCUT2D eigenvalue weighted by molar-refractivity contribution is 5.71. The molecule has 2 rings (SSSR count). The van der Waals surface area contributed by atoms with Crippen molar-refractivity contribution in [2.45, 2.75) is 38.2 Å². The van der Waals surface area contributed by atoms with Crippen LogP contribution in [-0.4, -0.2) is 36.3 Å². The van der Waals surface area contributed by atoms with E-state index in [2.05, 4.69) is 0 Å². The third-order valence-corrected chi connectivity index (χ3v) is 4.07. The van der Waals surface area contributed by atoms with Crippen molar-refractivity contribution in [2.24, 2.45) is 5.92 Å². The average molecular weight is 325 g/mol. The van der Waals surface area contributed by atoms with E-state index in [0.29, 0.717) is 19.1 Å². The van der Waals surface area contributed by atoms with E-state index in [4.69, 9.17) is 4.74 Å². The van der Waals surface area contributed by atoms with Gasteiger partial charge in [0.15, 0.2) is 0 Å². The molecule has 1 aliphatic rings. The summed E-state index contributed by atoms with van der Waals surface area (Å²) < 4.78 is 31.5. The minimum absolute atomic E-state index is 0.0150. The zero-order valence-electron chi connectivity index (χ0n) is 12.9. The van der Waals surface area contributed by atoms with Crippen LogP contribution in [0.2, 0.25) is 0 Å². The van der Waals surface area contributed by atoms with E-state index in [1.165, 1.54) is 4.90 Å². The Morgan fingerprint density at radius 3 is 2.52 bits per heavy atom. The number of carbonyl (C=O) groups excluding carboxylic acids is 2. The Bertz CT molecular complexity index is 512. The number of amides is 1. The molecule has 1 aromatic rings. The Labute approximate surface area is 134 Å². The maximum absolute atomic E-state index is 13.2. The molecule has 0 aliphatic heterocycles. The molecule has 1 fully saturated rings. The molecule has 0 aromatic heterocycles. The van der Waals surface area contributed by atoms with E-state index in [1.54, 1.807) is 0 Å². The Hall–Kier alpha value is -1.98. The lowest BCUT2D eigenvalue weighted by Crippen LogP contribution is -2.39. The van der Waals surface area contributed by atoms with Gasteiger partial charge in [0.1, 0.15) is 12.9 Å². The third kappa shape index (κ3) is 5.62. The largest absolute Gasteiger partial charge is 0.445 e. The van der Waals surface area contributed by atoms with E-state index in [9.17, 15) is 18.4 Å². The van der Waals surface area contributed by atoms with Gasteiger partial charge >= 0.3 is 6.09 Å². The van der Waals surface area contributed by atoms with E-state index >= 15 is 0 Å². The van der Waals surface area contributed by atoms with Crippen molar-refractivity contribution in [3.63, 3.8) is 0 Å². The zero-order valence-corrected chi connectivity index (χ0v) is 12.9. The number of hydrogen-bond acceptors (Lipinski definition) is 3. The van der Waals surface area contributed by atoms with Gasteiger partial charge in [-0.05, 0) is 24.3 Å². The maximum Gasteiger partial charge on any atom is 0.410 e. The third-order valence-electron chi connectivity index (χ3n) is 4.07. The van der Waals surface area contributed by atoms with Crippen molar-refractivity contribution in [1.29, 1.82) is 0 Å². The van der Waals surface area contributed by atoms with Crippen LogP contribution in [0.25, 0.3) is 0 Å². The Balaban J connectivity index is 1.85. The molecule has 126 valence electrons. The number of hydrogen-bond donors (Lipinski definition) is 0. The lowest BCUT2D eigenvalue weighted by molar-refractivity contribution is -0.109. The summed E-state index contributed by atoms with van der Waals surface area (Å²) in [7, 11) is 0. The fourth-order valence-electron chi connectivity index (χ4n) is 2.72. The lowest BCUT2D eigenvalue weighted by Gasteiger charge is -2.31. The van der Waals surface area contributed by atoms with Gasteiger partial charge in [-0.1, -0.05) is 30.3 Å². The first-order valence-electron chi connectivity index (χ1n) is 7.77. The van der Waals surface area contributed by atoms with E-state index < -0.39 is 12.0 Å². The number of halogens is 2. The first-order chi connectivity index (χ1) is 11.0. The number of ether oxygens (including phenoxy) is 1. The Morgan fingerprint density at radius 1 is 1.26 bits per heavy atom. The molecule has 6 heteroatoms. The number of benzene rings is 1. The van der Waals surface area contributed by atoms with Gasteiger partial charge in [0.05, 0.1) is 6.54 Å². The highest BCUT2D eigenvalue weighted by atomic mass is 19.3. The van der Waals surface area contributed by atoms with Crippen molar-refractivity contribution >= 4 is 12.4 Å². The molecule has 0 saturated heterocycles. The van der Waals surface area contributed by atoms with Crippen LogP contribution in [0.4, 0.5) is 13.6 Å². The summed E-state index contributed by atoms with van der Waals surface area (Å²) in [6, 6.07) is 9.22. The second-order valence-electron chi connectivity index (χ2n) is 5.91. The number of aldehydes is 1. The highest BCUT2D eigenvalue weighted by Crippen LogP contribution is 2.36. The summed E-state index contributed by atoms with van der Waals surface area (Å²) in [5.74, 6) is -2.61. The number of alkyl halides is 2. The Kier molecular flexibility index (Phi) is 6.07. The lowest BCUT2D eigenvalue weighted by atomic mass is 9.86. The first-order valence-corrected chi connectivity index (χ1v) is 7.77. The Morgan fingerprint density at radius 2 is 1.91 bits per heavy atom. The second-order valence-corrected chi connectivity index (χ2v) is 5.91. The molecule has 0 bridgehead atoms. The summed E-state index contributed by atoms with van der Waals surface area (Å²) >= 11 is 0. The van der Waals surface area contributed by atoms with Crippen molar-refractivity contribution in [2.75, 3.05) is 13.1 Å². The van der Waals surface area contributed by atoms with Gasteiger partial charge in [-0.2, -0.15) is 0 Å². The summed E-state index contributed by atoms with van der Waals surface area (Å²) in [6.07, 6.45) is 0.430. The molecule has 1 aliphatic carbocycles. The number of nitrogens with zero attached hydrogens (tertiary/aromatic N) is 1. The SMILES string of the molecule is O=CCN(CC1CCC(F)(F)CC1)C(=O)OCc1ccccc1. The second kappa shape index (κ2) is 8.04. The van der Waals surface area contributed by atoms with Gasteiger partial charge in [0.2, 0.25) is 5.92 Å². The molecule has 0 radical (unpaired) electrons. The highest BCUT2D eigenvalue weighted by Gasteiger charge is 2.35. The first kappa shape index (κ1) is 17.4. The van der Waals surface area contributed by atoms with Crippen LogP contribution in [0.1, 0.15) is 31.2 Å². The summed E-state index contributed by atoms with van der Waals surface area (Å²) in [5.41, 5.74) is 0.851. The van der Waals surface area contributed by atoms with Gasteiger partial charge in [0.25, 0.3) is 0 Å². The zero-order chi connectivity index (χ0) is 16.7. The van der Waals surface area contributed by atoms with Crippen molar-refractivity contribution < 1.29 is 23.1 Å². The van der Waals surface area contributed by atoms with Crippen LogP contribution in [0, 0.1) is 5.92 Å². The summed E-state index contributed by atoms with van der Waals surface area (Å²) in [4.78, 5) is 24.2. The fraction of sp³-hybridized carbons (Fsp3) is 0.529. The molecule has 0 spiro atoms. The molecular weight excluding hydrogens is 304 g/mol. The van der Waals surface area contributed by atoms with Crippen LogP contribution >= 0.6 is 0 Å². The molecule has 1 aromatic carbocycles. The predicted octanol–water partition coefficient (Wildman–Crippen LogP) is 3.65. The van der Waals surface area contributed by atoms with E-state index in [-0.39, 0.29) is 38.5 Å².